The lowest BCUT2D eigenvalue weighted by Crippen LogP contribution is -2.34. The van der Waals surface area contributed by atoms with Gasteiger partial charge in [-0.1, -0.05) is 0 Å². The molecule has 0 unspecified atom stereocenters. The van der Waals surface area contributed by atoms with Gasteiger partial charge >= 0.3 is 6.09 Å². The third kappa shape index (κ3) is 3.67. The van der Waals surface area contributed by atoms with E-state index in [9.17, 15) is 9.90 Å². The fourth-order valence-corrected chi connectivity index (χ4v) is 3.08. The Balaban J connectivity index is 2.09. The third-order valence-electron chi connectivity index (χ3n) is 2.92. The van der Waals surface area contributed by atoms with Gasteiger partial charge in [0.25, 0.3) is 0 Å². The molecule has 0 radical (unpaired) electrons. The highest BCUT2D eigenvalue weighted by Gasteiger charge is 2.28. The van der Waals surface area contributed by atoms with E-state index in [0.29, 0.717) is 12.1 Å². The number of fused-ring (bicyclic) bond motifs is 1. The number of aliphatic hydroxyl groups excluding tert-OH is 1. The van der Waals surface area contributed by atoms with Gasteiger partial charge in [-0.3, -0.25) is 0 Å². The van der Waals surface area contributed by atoms with Gasteiger partial charge in [0.15, 0.2) is 0 Å². The minimum absolute atomic E-state index is 0.116. The molecule has 6 heteroatoms. The van der Waals surface area contributed by atoms with Crippen LogP contribution in [0.1, 0.15) is 62.8 Å². The smallest absolute Gasteiger partial charge is 0.408 e. The van der Waals surface area contributed by atoms with E-state index in [1.54, 1.807) is 5.51 Å². The second kappa shape index (κ2) is 5.46. The lowest BCUT2D eigenvalue weighted by Gasteiger charge is -2.22. The molecular weight excluding hydrogens is 264 g/mol. The first-order valence-electron chi connectivity index (χ1n) is 6.47. The largest absolute Gasteiger partial charge is 0.444 e. The van der Waals surface area contributed by atoms with Gasteiger partial charge in [0.05, 0.1) is 28.2 Å². The molecule has 5 nitrogen and oxygen atoms in total. The van der Waals surface area contributed by atoms with Gasteiger partial charge in [0.1, 0.15) is 5.60 Å². The van der Waals surface area contributed by atoms with E-state index in [0.717, 1.165) is 17.7 Å². The summed E-state index contributed by atoms with van der Waals surface area (Å²) in [7, 11) is 0. The zero-order valence-corrected chi connectivity index (χ0v) is 12.3. The van der Waals surface area contributed by atoms with Crippen LogP contribution in [0.25, 0.3) is 0 Å². The van der Waals surface area contributed by atoms with Gasteiger partial charge in [-0.05, 0) is 40.0 Å². The number of hydrogen-bond acceptors (Lipinski definition) is 5. The molecule has 0 fully saturated rings. The fraction of sp³-hybridized carbons (Fsp3) is 0.692. The molecule has 2 N–H and O–H groups in total. The molecule has 2 atom stereocenters. The maximum atomic E-state index is 11.8. The fourth-order valence-electron chi connectivity index (χ4n) is 2.15. The number of ether oxygens (including phenoxy) is 1. The maximum absolute atomic E-state index is 11.8. The predicted molar refractivity (Wildman–Crippen MR) is 73.0 cm³/mol. The summed E-state index contributed by atoms with van der Waals surface area (Å²) in [6.07, 6.45) is 1.39. The Hall–Kier alpha value is -1.14. The number of carbonyl (C=O) groups is 1. The minimum Gasteiger partial charge on any atom is -0.444 e. The average molecular weight is 284 g/mol. The Morgan fingerprint density at radius 1 is 1.53 bits per heavy atom. The number of nitrogens with zero attached hydrogens (tertiary/aromatic N) is 1. The molecule has 1 aliphatic carbocycles. The van der Waals surface area contributed by atoms with Gasteiger partial charge in [-0.2, -0.15) is 0 Å². The van der Waals surface area contributed by atoms with Crippen LogP contribution in [0.2, 0.25) is 0 Å². The first-order valence-corrected chi connectivity index (χ1v) is 7.35. The number of amides is 1. The molecule has 0 spiro atoms. The Bertz CT molecular complexity index is 453. The lowest BCUT2D eigenvalue weighted by molar-refractivity contribution is 0.0502. The summed E-state index contributed by atoms with van der Waals surface area (Å²) >= 11 is 1.47. The van der Waals surface area contributed by atoms with Crippen LogP contribution >= 0.6 is 11.3 Å². The predicted octanol–water partition coefficient (Wildman–Crippen LogP) is 2.93. The topological polar surface area (TPSA) is 71.5 Å². The molecule has 1 aromatic rings. The molecule has 19 heavy (non-hydrogen) atoms. The summed E-state index contributed by atoms with van der Waals surface area (Å²) in [5.74, 6) is 0. The van der Waals surface area contributed by atoms with Crippen molar-refractivity contribution in [3.05, 3.63) is 16.1 Å². The SMILES string of the molecule is CC(C)(C)OC(=O)N[C@H]1CCC[C@@H](O)c2ncsc21. The van der Waals surface area contributed by atoms with Gasteiger partial charge < -0.3 is 15.2 Å². The Kier molecular flexibility index (Phi) is 4.10. The van der Waals surface area contributed by atoms with Gasteiger partial charge in [-0.25, -0.2) is 9.78 Å². The Morgan fingerprint density at radius 3 is 2.95 bits per heavy atom. The molecule has 0 saturated carbocycles. The number of thiazole rings is 1. The minimum atomic E-state index is -0.522. The highest BCUT2D eigenvalue weighted by Crippen LogP contribution is 2.36. The molecule has 2 rings (SSSR count). The van der Waals surface area contributed by atoms with Crippen molar-refractivity contribution in [2.75, 3.05) is 0 Å². The second-order valence-corrected chi connectivity index (χ2v) is 6.63. The quantitative estimate of drug-likeness (QED) is 0.778. The van der Waals surface area contributed by atoms with Crippen LogP contribution in [0.4, 0.5) is 4.79 Å². The highest BCUT2D eigenvalue weighted by molar-refractivity contribution is 7.09. The van der Waals surface area contributed by atoms with Crippen molar-refractivity contribution in [2.45, 2.75) is 57.8 Å². The number of hydrogen-bond donors (Lipinski definition) is 2. The molecular formula is C13H20N2O3S. The second-order valence-electron chi connectivity index (χ2n) is 5.75. The van der Waals surface area contributed by atoms with E-state index in [1.165, 1.54) is 11.3 Å². The van der Waals surface area contributed by atoms with Crippen molar-refractivity contribution in [1.82, 2.24) is 10.3 Å². The van der Waals surface area contributed by atoms with E-state index in [-0.39, 0.29) is 6.04 Å². The van der Waals surface area contributed by atoms with Gasteiger partial charge in [-0.15, -0.1) is 11.3 Å². The van der Waals surface area contributed by atoms with E-state index in [1.807, 2.05) is 20.8 Å². The van der Waals surface area contributed by atoms with Crippen LogP contribution in [0.15, 0.2) is 5.51 Å². The monoisotopic (exact) mass is 284 g/mol. The first-order chi connectivity index (χ1) is 8.87. The molecule has 1 aliphatic rings. The summed E-state index contributed by atoms with van der Waals surface area (Å²) in [5.41, 5.74) is 1.90. The summed E-state index contributed by atoms with van der Waals surface area (Å²) in [5, 5.41) is 12.8. The van der Waals surface area contributed by atoms with Crippen molar-refractivity contribution in [1.29, 1.82) is 0 Å². The number of alkyl carbamates (subject to hydrolysis) is 1. The summed E-state index contributed by atoms with van der Waals surface area (Å²) in [6, 6.07) is -0.116. The number of rotatable bonds is 1. The first kappa shape index (κ1) is 14.3. The number of nitrogens with one attached hydrogen (secondary N) is 1. The lowest BCUT2D eigenvalue weighted by atomic mass is 10.1. The zero-order valence-electron chi connectivity index (χ0n) is 11.5. The Labute approximate surface area is 117 Å². The van der Waals surface area contributed by atoms with E-state index in [4.69, 9.17) is 4.74 Å². The number of carbonyl (C=O) groups excluding carboxylic acids is 1. The van der Waals surface area contributed by atoms with Crippen LogP contribution in [0.3, 0.4) is 0 Å². The van der Waals surface area contributed by atoms with Crippen LogP contribution in [-0.4, -0.2) is 21.8 Å². The molecule has 0 aliphatic heterocycles. The van der Waals surface area contributed by atoms with E-state index < -0.39 is 17.8 Å². The van der Waals surface area contributed by atoms with Crippen molar-refractivity contribution in [3.8, 4) is 0 Å². The van der Waals surface area contributed by atoms with E-state index >= 15 is 0 Å². The van der Waals surface area contributed by atoms with Gasteiger partial charge in [0, 0.05) is 0 Å². The number of aromatic nitrogens is 1. The highest BCUT2D eigenvalue weighted by atomic mass is 32.1. The molecule has 0 saturated heterocycles. The van der Waals surface area contributed by atoms with Crippen LogP contribution < -0.4 is 5.32 Å². The van der Waals surface area contributed by atoms with Crippen molar-refractivity contribution >= 4 is 17.4 Å². The molecule has 1 heterocycles. The number of aliphatic hydroxyl groups is 1. The average Bonchev–Trinajstić information content (AvgIpc) is 2.68. The van der Waals surface area contributed by atoms with E-state index in [2.05, 4.69) is 10.3 Å². The molecule has 1 amide bonds. The summed E-state index contributed by atoms with van der Waals surface area (Å²) < 4.78 is 5.27. The zero-order chi connectivity index (χ0) is 14.0. The van der Waals surface area contributed by atoms with Crippen LogP contribution in [-0.2, 0) is 4.74 Å². The van der Waals surface area contributed by atoms with Crippen molar-refractivity contribution in [2.24, 2.45) is 0 Å². The molecule has 0 aromatic carbocycles. The van der Waals surface area contributed by atoms with Crippen LogP contribution in [0.5, 0.6) is 0 Å². The van der Waals surface area contributed by atoms with Crippen molar-refractivity contribution < 1.29 is 14.6 Å². The van der Waals surface area contributed by atoms with Gasteiger partial charge in [0.2, 0.25) is 0 Å². The Morgan fingerprint density at radius 2 is 2.26 bits per heavy atom. The molecule has 106 valence electrons. The molecule has 0 bridgehead atoms. The molecule has 1 aromatic heterocycles. The van der Waals surface area contributed by atoms with Crippen molar-refractivity contribution in [3.63, 3.8) is 0 Å². The summed E-state index contributed by atoms with van der Waals surface area (Å²) in [6.45, 7) is 5.50. The summed E-state index contributed by atoms with van der Waals surface area (Å²) in [4.78, 5) is 17.0. The van der Waals surface area contributed by atoms with Crippen LogP contribution in [0, 0.1) is 0 Å². The normalized spacial score (nSPS) is 23.4. The maximum Gasteiger partial charge on any atom is 0.408 e. The third-order valence-corrected chi connectivity index (χ3v) is 3.88. The standard InChI is InChI=1S/C13H20N2O3S/c1-13(2,3)18-12(17)15-8-5-4-6-9(16)10-11(8)19-7-14-10/h7-9,16H,4-6H2,1-3H3,(H,15,17)/t8-,9+/m0/s1.